The molecule has 0 aliphatic heterocycles. The zero-order chi connectivity index (χ0) is 13.5. The summed E-state index contributed by atoms with van der Waals surface area (Å²) < 4.78 is 38.6. The van der Waals surface area contributed by atoms with Gasteiger partial charge in [-0.1, -0.05) is 0 Å². The Bertz CT molecular complexity index is 618. The minimum Gasteiger partial charge on any atom is -0.381 e. The number of anilines is 1. The highest BCUT2D eigenvalue weighted by molar-refractivity contribution is 6.04. The Balaban J connectivity index is 2.71. The van der Waals surface area contributed by atoms with Gasteiger partial charge >= 0.3 is 6.18 Å². The van der Waals surface area contributed by atoms with E-state index >= 15 is 0 Å². The van der Waals surface area contributed by atoms with E-state index in [4.69, 9.17) is 5.73 Å². The molecule has 0 saturated carbocycles. The van der Waals surface area contributed by atoms with Crippen LogP contribution in [0.25, 0.3) is 5.65 Å². The fourth-order valence-corrected chi connectivity index (χ4v) is 1.45. The molecule has 0 aliphatic carbocycles. The van der Waals surface area contributed by atoms with Gasteiger partial charge in [-0.2, -0.15) is 13.2 Å². The third-order valence-corrected chi connectivity index (χ3v) is 2.26. The fraction of sp³-hybridized carbons (Fsp3) is 0.222. The summed E-state index contributed by atoms with van der Waals surface area (Å²) in [6.45, 7) is 0. The molecule has 0 spiro atoms. The molecule has 0 radical (unpaired) electrons. The molecule has 9 heteroatoms. The molecule has 0 atom stereocenters. The van der Waals surface area contributed by atoms with Gasteiger partial charge in [-0.05, 0) is 6.07 Å². The normalized spacial score (nSPS) is 11.8. The number of nitrogen functional groups attached to an aromatic ring is 1. The number of alkyl halides is 3. The van der Waals surface area contributed by atoms with Crippen LogP contribution >= 0.6 is 0 Å². The molecular formula is C9H8F3N5O. The summed E-state index contributed by atoms with van der Waals surface area (Å²) in [5.41, 5.74) is 3.95. The fourth-order valence-electron chi connectivity index (χ4n) is 1.45. The van der Waals surface area contributed by atoms with E-state index in [0.29, 0.717) is 0 Å². The predicted octanol–water partition coefficient (Wildman–Crippen LogP) is 0.690. The van der Waals surface area contributed by atoms with Crippen LogP contribution in [0.3, 0.4) is 0 Å². The molecule has 6 nitrogen and oxygen atoms in total. The Labute approximate surface area is 98.6 Å². The molecule has 0 bridgehead atoms. The topological polar surface area (TPSA) is 85.3 Å². The zero-order valence-electron chi connectivity index (χ0n) is 9.12. The molecule has 0 aromatic carbocycles. The van der Waals surface area contributed by atoms with Crippen molar-refractivity contribution >= 4 is 17.4 Å². The molecule has 0 aliphatic rings. The first-order valence-corrected chi connectivity index (χ1v) is 4.78. The van der Waals surface area contributed by atoms with Crippen LogP contribution in [0.5, 0.6) is 0 Å². The third-order valence-electron chi connectivity index (χ3n) is 2.26. The number of hydrogen-bond acceptors (Lipinski definition) is 4. The van der Waals surface area contributed by atoms with Gasteiger partial charge in [0.05, 0.1) is 0 Å². The second-order valence-corrected chi connectivity index (χ2v) is 3.42. The Morgan fingerprint density at radius 1 is 1.50 bits per heavy atom. The Kier molecular flexibility index (Phi) is 2.60. The molecule has 2 rings (SSSR count). The van der Waals surface area contributed by atoms with Crippen molar-refractivity contribution in [2.24, 2.45) is 0 Å². The number of nitrogens with zero attached hydrogens (tertiary/aromatic N) is 3. The number of rotatable bonds is 1. The monoisotopic (exact) mass is 259 g/mol. The minimum atomic E-state index is -4.60. The van der Waals surface area contributed by atoms with Gasteiger partial charge in [0.2, 0.25) is 0 Å². The van der Waals surface area contributed by atoms with Crippen LogP contribution in [-0.2, 0) is 6.18 Å². The highest BCUT2D eigenvalue weighted by Gasteiger charge is 2.33. The van der Waals surface area contributed by atoms with Crippen molar-refractivity contribution in [3.05, 3.63) is 23.5 Å². The van der Waals surface area contributed by atoms with E-state index < -0.39 is 17.8 Å². The van der Waals surface area contributed by atoms with Gasteiger partial charge in [-0.3, -0.25) is 4.79 Å². The number of fused-ring (bicyclic) bond motifs is 1. The number of nitrogens with one attached hydrogen (secondary N) is 1. The van der Waals surface area contributed by atoms with Gasteiger partial charge in [0.15, 0.2) is 11.5 Å². The van der Waals surface area contributed by atoms with Crippen LogP contribution in [0, 0.1) is 0 Å². The van der Waals surface area contributed by atoms with Gasteiger partial charge in [0.1, 0.15) is 11.3 Å². The smallest absolute Gasteiger partial charge is 0.381 e. The molecule has 0 saturated heterocycles. The Hall–Kier alpha value is -2.32. The zero-order valence-corrected chi connectivity index (χ0v) is 9.12. The van der Waals surface area contributed by atoms with Gasteiger partial charge in [0, 0.05) is 13.2 Å². The quantitative estimate of drug-likeness (QED) is 0.789. The van der Waals surface area contributed by atoms with E-state index in [0.717, 1.165) is 16.8 Å². The first kappa shape index (κ1) is 12.1. The van der Waals surface area contributed by atoms with E-state index in [2.05, 4.69) is 15.4 Å². The van der Waals surface area contributed by atoms with Crippen molar-refractivity contribution in [1.29, 1.82) is 0 Å². The molecule has 18 heavy (non-hydrogen) atoms. The number of aromatic nitrogens is 3. The lowest BCUT2D eigenvalue weighted by molar-refractivity contribution is -0.141. The van der Waals surface area contributed by atoms with E-state index in [9.17, 15) is 18.0 Å². The molecule has 0 unspecified atom stereocenters. The standard InChI is InChI=1S/C9H8F3N5O/c1-14-8(18)5-6(13)16-17-3-2-4(9(10,11)12)15-7(5)17/h2-3H,1H3,(H2,13,16)(H,14,18). The largest absolute Gasteiger partial charge is 0.433 e. The van der Waals surface area contributed by atoms with Gasteiger partial charge in [-0.25, -0.2) is 9.50 Å². The number of nitrogens with two attached hydrogens (primary N) is 1. The van der Waals surface area contributed by atoms with Crippen LogP contribution in [0.2, 0.25) is 0 Å². The van der Waals surface area contributed by atoms with Crippen LogP contribution < -0.4 is 11.1 Å². The van der Waals surface area contributed by atoms with Crippen molar-refractivity contribution in [1.82, 2.24) is 19.9 Å². The van der Waals surface area contributed by atoms with E-state index in [1.165, 1.54) is 7.05 Å². The van der Waals surface area contributed by atoms with Crippen LogP contribution in [0.15, 0.2) is 12.3 Å². The maximum absolute atomic E-state index is 12.5. The maximum Gasteiger partial charge on any atom is 0.433 e. The Morgan fingerprint density at radius 3 is 2.72 bits per heavy atom. The molecule has 0 fully saturated rings. The van der Waals surface area contributed by atoms with Crippen molar-refractivity contribution in [2.75, 3.05) is 12.8 Å². The number of amides is 1. The van der Waals surface area contributed by atoms with Crippen molar-refractivity contribution in [3.8, 4) is 0 Å². The lowest BCUT2D eigenvalue weighted by Gasteiger charge is -2.05. The SMILES string of the molecule is CNC(=O)c1c(N)nn2ccc(C(F)(F)F)nc12. The van der Waals surface area contributed by atoms with Crippen molar-refractivity contribution in [3.63, 3.8) is 0 Å². The lowest BCUT2D eigenvalue weighted by Crippen LogP contribution is -2.19. The van der Waals surface area contributed by atoms with E-state index in [1.807, 2.05) is 0 Å². The minimum absolute atomic E-state index is 0.177. The average molecular weight is 259 g/mol. The molecular weight excluding hydrogens is 251 g/mol. The van der Waals surface area contributed by atoms with Crippen LogP contribution in [0.4, 0.5) is 19.0 Å². The molecule has 1 amide bonds. The maximum atomic E-state index is 12.5. The molecule has 96 valence electrons. The number of carbonyl (C=O) groups excluding carboxylic acids is 1. The summed E-state index contributed by atoms with van der Waals surface area (Å²) in [6, 6.07) is 0.757. The van der Waals surface area contributed by atoms with Crippen LogP contribution in [0.1, 0.15) is 16.1 Å². The summed E-state index contributed by atoms with van der Waals surface area (Å²) in [4.78, 5) is 14.9. The number of carbonyl (C=O) groups is 1. The first-order chi connectivity index (χ1) is 8.34. The Morgan fingerprint density at radius 2 is 2.17 bits per heavy atom. The summed E-state index contributed by atoms with van der Waals surface area (Å²) in [7, 11) is 1.33. The van der Waals surface area contributed by atoms with Crippen molar-refractivity contribution in [2.45, 2.75) is 6.18 Å². The first-order valence-electron chi connectivity index (χ1n) is 4.78. The van der Waals surface area contributed by atoms with E-state index in [-0.39, 0.29) is 17.0 Å². The van der Waals surface area contributed by atoms with Gasteiger partial charge in [0.25, 0.3) is 5.91 Å². The third kappa shape index (κ3) is 1.83. The van der Waals surface area contributed by atoms with Crippen molar-refractivity contribution < 1.29 is 18.0 Å². The molecule has 2 aromatic heterocycles. The highest BCUT2D eigenvalue weighted by Crippen LogP contribution is 2.28. The summed E-state index contributed by atoms with van der Waals surface area (Å²) in [5, 5.41) is 5.97. The van der Waals surface area contributed by atoms with Crippen LogP contribution in [-0.4, -0.2) is 27.6 Å². The van der Waals surface area contributed by atoms with Gasteiger partial charge < -0.3 is 11.1 Å². The second kappa shape index (κ2) is 3.86. The summed E-state index contributed by atoms with van der Waals surface area (Å²) >= 11 is 0. The van der Waals surface area contributed by atoms with Gasteiger partial charge in [-0.15, -0.1) is 5.10 Å². The predicted molar refractivity (Wildman–Crippen MR) is 55.8 cm³/mol. The molecule has 2 heterocycles. The highest BCUT2D eigenvalue weighted by atomic mass is 19.4. The lowest BCUT2D eigenvalue weighted by atomic mass is 10.3. The molecule has 3 N–H and O–H groups in total. The second-order valence-electron chi connectivity index (χ2n) is 3.42. The number of hydrogen-bond donors (Lipinski definition) is 2. The summed E-state index contributed by atoms with van der Waals surface area (Å²) in [6.07, 6.45) is -3.55. The molecule has 2 aromatic rings. The summed E-state index contributed by atoms with van der Waals surface area (Å²) in [5.74, 6) is -0.824. The number of halogens is 3. The van der Waals surface area contributed by atoms with E-state index in [1.54, 1.807) is 0 Å². The average Bonchev–Trinajstić information content (AvgIpc) is 2.61.